The summed E-state index contributed by atoms with van der Waals surface area (Å²) >= 11 is 0. The van der Waals surface area contributed by atoms with Gasteiger partial charge in [0.15, 0.2) is 0 Å². The molecule has 0 aliphatic rings. The molecule has 5 aromatic rings. The zero-order chi connectivity index (χ0) is 29.1. The molecule has 40 heavy (non-hydrogen) atoms. The second-order valence-electron chi connectivity index (χ2n) is 11.8. The van der Waals surface area contributed by atoms with Crippen molar-refractivity contribution in [1.82, 2.24) is 9.13 Å². The molecule has 206 valence electrons. The fraction of sp³-hybridized carbons (Fsp3) is 0.353. The van der Waals surface area contributed by atoms with E-state index in [1.165, 1.54) is 33.4 Å². The molecule has 0 amide bonds. The highest BCUT2D eigenvalue weighted by molar-refractivity contribution is 5.98. The molecule has 3 aromatic carbocycles. The van der Waals surface area contributed by atoms with Crippen LogP contribution in [0.5, 0.6) is 0 Å². The minimum atomic E-state index is -0.481. The van der Waals surface area contributed by atoms with Gasteiger partial charge in [0.05, 0.1) is 27.2 Å². The summed E-state index contributed by atoms with van der Waals surface area (Å²) in [5, 5.41) is 0.681. The number of hydrogen-bond donors (Lipinski definition) is 0. The van der Waals surface area contributed by atoms with E-state index < -0.39 is 22.2 Å². The number of rotatable bonds is 7. The highest BCUT2D eigenvalue weighted by Gasteiger charge is 2.23. The van der Waals surface area contributed by atoms with E-state index >= 15 is 0 Å². The molecule has 0 aliphatic heterocycles. The minimum absolute atomic E-state index is 0.126. The number of benzene rings is 3. The SMILES string of the molecule is CCC(C)n1c(=O)c2cc3c(=O)n(-c4ccc(Cc5ccc(C(C)(C)CC)c(C)c5)cc4C)c(=O)c3cc2c1=O. The van der Waals surface area contributed by atoms with Crippen molar-refractivity contribution >= 4 is 21.5 Å². The first-order valence-corrected chi connectivity index (χ1v) is 14.0. The van der Waals surface area contributed by atoms with Crippen molar-refractivity contribution in [2.75, 3.05) is 0 Å². The van der Waals surface area contributed by atoms with E-state index in [2.05, 4.69) is 45.9 Å². The first-order chi connectivity index (χ1) is 18.9. The number of aromatic nitrogens is 2. The van der Waals surface area contributed by atoms with E-state index in [-0.39, 0.29) is 33.0 Å². The molecule has 6 heteroatoms. The molecule has 1 unspecified atom stereocenters. The van der Waals surface area contributed by atoms with Crippen LogP contribution in [0.3, 0.4) is 0 Å². The Balaban J connectivity index is 1.55. The van der Waals surface area contributed by atoms with Crippen molar-refractivity contribution in [3.8, 4) is 5.69 Å². The number of nitrogens with zero attached hydrogens (tertiary/aromatic N) is 2. The van der Waals surface area contributed by atoms with Crippen molar-refractivity contribution in [2.45, 2.75) is 79.2 Å². The maximum Gasteiger partial charge on any atom is 0.266 e. The van der Waals surface area contributed by atoms with Crippen LogP contribution in [0.1, 0.15) is 81.3 Å². The summed E-state index contributed by atoms with van der Waals surface area (Å²) in [6.45, 7) is 14.5. The van der Waals surface area contributed by atoms with Gasteiger partial charge < -0.3 is 0 Å². The fourth-order valence-corrected chi connectivity index (χ4v) is 5.89. The molecule has 0 aliphatic carbocycles. The topological polar surface area (TPSA) is 78.1 Å². The Kier molecular flexibility index (Phi) is 6.77. The number of aryl methyl sites for hydroxylation is 2. The van der Waals surface area contributed by atoms with Crippen molar-refractivity contribution in [1.29, 1.82) is 0 Å². The largest absolute Gasteiger partial charge is 0.272 e. The number of fused-ring (bicyclic) bond motifs is 2. The molecule has 0 bridgehead atoms. The Morgan fingerprint density at radius 2 is 1.20 bits per heavy atom. The van der Waals surface area contributed by atoms with Crippen LogP contribution in [-0.4, -0.2) is 9.13 Å². The summed E-state index contributed by atoms with van der Waals surface area (Å²) in [6.07, 6.45) is 2.42. The maximum atomic E-state index is 13.5. The molecule has 2 aromatic heterocycles. The lowest BCUT2D eigenvalue weighted by molar-refractivity contribution is 0.503. The summed E-state index contributed by atoms with van der Waals surface area (Å²) in [4.78, 5) is 52.9. The van der Waals surface area contributed by atoms with Crippen LogP contribution in [0.4, 0.5) is 0 Å². The highest BCUT2D eigenvalue weighted by atomic mass is 16.2. The van der Waals surface area contributed by atoms with Crippen LogP contribution in [0, 0.1) is 13.8 Å². The van der Waals surface area contributed by atoms with Crippen molar-refractivity contribution in [3.63, 3.8) is 0 Å². The van der Waals surface area contributed by atoms with Crippen LogP contribution < -0.4 is 22.2 Å². The first kappa shape index (κ1) is 27.5. The lowest BCUT2D eigenvalue weighted by Gasteiger charge is -2.26. The van der Waals surface area contributed by atoms with E-state index in [1.54, 1.807) is 0 Å². The van der Waals surface area contributed by atoms with E-state index in [0.717, 1.165) is 28.5 Å². The van der Waals surface area contributed by atoms with Crippen LogP contribution in [0.2, 0.25) is 0 Å². The third-order valence-electron chi connectivity index (χ3n) is 8.77. The van der Waals surface area contributed by atoms with E-state index in [1.807, 2.05) is 39.0 Å². The van der Waals surface area contributed by atoms with Crippen LogP contribution in [0.25, 0.3) is 27.2 Å². The standard InChI is InChI=1S/C34H36N2O4/c1-8-21(5)35-30(37)24-17-26-27(18-25(24)31(35)38)33(40)36(32(26)39)29-13-11-23(15-20(29)4)16-22-10-12-28(19(3)14-22)34(6,7)9-2/h10-15,17-18,21H,8-9,16H2,1-7H3. The molecule has 2 heterocycles. The average Bonchev–Trinajstić information content (AvgIpc) is 3.31. The third kappa shape index (κ3) is 4.26. The minimum Gasteiger partial charge on any atom is -0.272 e. The predicted molar refractivity (Wildman–Crippen MR) is 163 cm³/mol. The van der Waals surface area contributed by atoms with Crippen molar-refractivity contribution < 1.29 is 0 Å². The number of hydrogen-bond acceptors (Lipinski definition) is 4. The third-order valence-corrected chi connectivity index (χ3v) is 8.77. The lowest BCUT2D eigenvalue weighted by atomic mass is 9.79. The molecule has 0 fully saturated rings. The normalized spacial score (nSPS) is 13.0. The molecule has 0 radical (unpaired) electrons. The van der Waals surface area contributed by atoms with Gasteiger partial charge in [-0.2, -0.15) is 0 Å². The van der Waals surface area contributed by atoms with Gasteiger partial charge in [0, 0.05) is 6.04 Å². The first-order valence-electron chi connectivity index (χ1n) is 14.0. The summed E-state index contributed by atoms with van der Waals surface area (Å²) in [7, 11) is 0. The van der Waals surface area contributed by atoms with Crippen LogP contribution in [0.15, 0.2) is 67.7 Å². The Morgan fingerprint density at radius 3 is 1.68 bits per heavy atom. The van der Waals surface area contributed by atoms with Gasteiger partial charge in [0.2, 0.25) is 0 Å². The van der Waals surface area contributed by atoms with E-state index in [4.69, 9.17) is 0 Å². The van der Waals surface area contributed by atoms with Gasteiger partial charge >= 0.3 is 0 Å². The van der Waals surface area contributed by atoms with Crippen molar-refractivity contribution in [3.05, 3.63) is 118 Å². The molecule has 1 atom stereocenters. The molecule has 5 rings (SSSR count). The zero-order valence-electron chi connectivity index (χ0n) is 24.3. The van der Waals surface area contributed by atoms with E-state index in [9.17, 15) is 19.2 Å². The maximum absolute atomic E-state index is 13.5. The summed E-state index contributed by atoms with van der Waals surface area (Å²) in [5.41, 5.74) is 4.56. The zero-order valence-corrected chi connectivity index (χ0v) is 24.3. The second kappa shape index (κ2) is 9.84. The molecular weight excluding hydrogens is 500 g/mol. The molecule has 0 saturated heterocycles. The monoisotopic (exact) mass is 536 g/mol. The lowest BCUT2D eigenvalue weighted by Crippen LogP contribution is -2.28. The Morgan fingerprint density at radius 1 is 0.700 bits per heavy atom. The highest BCUT2D eigenvalue weighted by Crippen LogP contribution is 2.30. The van der Waals surface area contributed by atoms with Gasteiger partial charge in [-0.15, -0.1) is 0 Å². The van der Waals surface area contributed by atoms with E-state index in [0.29, 0.717) is 12.1 Å². The quantitative estimate of drug-likeness (QED) is 0.265. The predicted octanol–water partition coefficient (Wildman–Crippen LogP) is 5.77. The second-order valence-corrected chi connectivity index (χ2v) is 11.8. The van der Waals surface area contributed by atoms with Gasteiger partial charge in [-0.05, 0) is 91.5 Å². The molecular formula is C34H36N2O4. The van der Waals surface area contributed by atoms with Crippen LogP contribution >= 0.6 is 0 Å². The Labute approximate surface area is 233 Å². The van der Waals surface area contributed by atoms with Gasteiger partial charge in [0.1, 0.15) is 0 Å². The molecule has 0 saturated carbocycles. The van der Waals surface area contributed by atoms with Gasteiger partial charge in [-0.3, -0.25) is 23.7 Å². The van der Waals surface area contributed by atoms with Crippen molar-refractivity contribution in [2.24, 2.45) is 0 Å². The van der Waals surface area contributed by atoms with Gasteiger partial charge in [-0.1, -0.05) is 58.0 Å². The molecule has 0 spiro atoms. The van der Waals surface area contributed by atoms with Gasteiger partial charge in [0.25, 0.3) is 22.2 Å². The Hall–Kier alpha value is -4.06. The fourth-order valence-electron chi connectivity index (χ4n) is 5.89. The van der Waals surface area contributed by atoms with Crippen LogP contribution in [-0.2, 0) is 11.8 Å². The summed E-state index contributed by atoms with van der Waals surface area (Å²) in [6, 6.07) is 15.0. The van der Waals surface area contributed by atoms with Gasteiger partial charge in [-0.25, -0.2) is 4.57 Å². The Bertz CT molecular complexity index is 1920. The average molecular weight is 537 g/mol. The summed E-state index contributed by atoms with van der Waals surface area (Å²) in [5.74, 6) is 0. The molecule has 0 N–H and O–H groups in total. The molecule has 6 nitrogen and oxygen atoms in total. The summed E-state index contributed by atoms with van der Waals surface area (Å²) < 4.78 is 2.38. The smallest absolute Gasteiger partial charge is 0.266 e.